The van der Waals surface area contributed by atoms with Crippen molar-refractivity contribution in [3.05, 3.63) is 52.9 Å². The van der Waals surface area contributed by atoms with Crippen LogP contribution in [0.15, 0.2) is 47.4 Å². The van der Waals surface area contributed by atoms with E-state index in [1.807, 2.05) is 0 Å². The summed E-state index contributed by atoms with van der Waals surface area (Å²) < 4.78 is 64.3. The smallest absolute Gasteiger partial charge is 0.400 e. The molecule has 42 heavy (non-hydrogen) atoms. The third kappa shape index (κ3) is 7.74. The fraction of sp³-hybridized carbons (Fsp3) is 0.586. The molecule has 1 aromatic carbocycles. The molecular formula is C29H38F2N2O8S. The molecule has 1 aliphatic carbocycles. The van der Waals surface area contributed by atoms with Crippen molar-refractivity contribution >= 4 is 15.7 Å². The lowest BCUT2D eigenvalue weighted by Crippen LogP contribution is -2.51. The van der Waals surface area contributed by atoms with Crippen molar-refractivity contribution in [1.29, 1.82) is 0 Å². The number of nitrogens with one attached hydrogen (secondary N) is 1. The zero-order chi connectivity index (χ0) is 30.5. The Morgan fingerprint density at radius 3 is 2.38 bits per heavy atom. The van der Waals surface area contributed by atoms with Gasteiger partial charge in [0.05, 0.1) is 12.0 Å². The Kier molecular flexibility index (Phi) is 10.1. The van der Waals surface area contributed by atoms with Crippen LogP contribution >= 0.6 is 0 Å². The number of halogens is 2. The van der Waals surface area contributed by atoms with Crippen molar-refractivity contribution < 1.29 is 41.4 Å². The number of hydroxylamine groups is 1. The fourth-order valence-electron chi connectivity index (χ4n) is 5.07. The van der Waals surface area contributed by atoms with E-state index in [9.17, 15) is 31.9 Å². The van der Waals surface area contributed by atoms with E-state index in [0.29, 0.717) is 37.0 Å². The molecule has 1 aliphatic heterocycles. The van der Waals surface area contributed by atoms with Crippen molar-refractivity contribution in [2.24, 2.45) is 5.92 Å². The minimum Gasteiger partial charge on any atom is -0.432 e. The third-order valence-corrected chi connectivity index (χ3v) is 10.2. The van der Waals surface area contributed by atoms with Gasteiger partial charge in [-0.1, -0.05) is 12.1 Å². The number of carbonyl (C=O) groups excluding carboxylic acids is 1. The van der Waals surface area contributed by atoms with Gasteiger partial charge in [0.2, 0.25) is 0 Å². The maximum absolute atomic E-state index is 14.6. The molecule has 2 N–H and O–H groups in total. The molecule has 2 heterocycles. The first-order valence-electron chi connectivity index (χ1n) is 14.1. The van der Waals surface area contributed by atoms with Crippen LogP contribution in [0.5, 0.6) is 5.75 Å². The van der Waals surface area contributed by atoms with Gasteiger partial charge in [0.15, 0.2) is 20.9 Å². The number of aryl methyl sites for hydroxylation is 1. The average Bonchev–Trinajstić information content (AvgIpc) is 2.95. The van der Waals surface area contributed by atoms with Crippen molar-refractivity contribution in [1.82, 2.24) is 10.0 Å². The second kappa shape index (κ2) is 13.2. The summed E-state index contributed by atoms with van der Waals surface area (Å²) in [6, 6.07) is 8.93. The molecule has 1 aromatic heterocycles. The molecule has 1 saturated heterocycles. The molecule has 0 radical (unpaired) electrons. The van der Waals surface area contributed by atoms with Crippen molar-refractivity contribution in [2.45, 2.75) is 88.1 Å². The van der Waals surface area contributed by atoms with Gasteiger partial charge in [0.1, 0.15) is 5.75 Å². The van der Waals surface area contributed by atoms with Crippen LogP contribution in [0.25, 0.3) is 11.1 Å². The normalized spacial score (nSPS) is 23.1. The summed E-state index contributed by atoms with van der Waals surface area (Å²) >= 11 is 0. The largest absolute Gasteiger partial charge is 0.432 e. The SMILES string of the molecule is C[C@@](CCn1ccc(-c2ccc(OC(F)(F)[C@H]3CC[C@H](O)CC3)cc2)cc1=O)(C(=O)NOC1CCCCO1)S(C)(=O)=O. The molecular weight excluding hydrogens is 574 g/mol. The predicted octanol–water partition coefficient (Wildman–Crippen LogP) is 3.81. The maximum atomic E-state index is 14.6. The number of aliphatic hydroxyl groups excluding tert-OH is 1. The zero-order valence-electron chi connectivity index (χ0n) is 23.8. The van der Waals surface area contributed by atoms with Crippen LogP contribution in [-0.2, 0) is 30.8 Å². The number of aliphatic hydroxyl groups is 1. The number of aromatic nitrogens is 1. The van der Waals surface area contributed by atoms with Gasteiger partial charge in [-0.3, -0.25) is 9.59 Å². The fourth-order valence-corrected chi connectivity index (χ4v) is 5.91. The van der Waals surface area contributed by atoms with Gasteiger partial charge in [-0.05, 0) is 81.2 Å². The summed E-state index contributed by atoms with van der Waals surface area (Å²) in [5.74, 6) is -1.83. The second-order valence-electron chi connectivity index (χ2n) is 11.2. The highest BCUT2D eigenvalue weighted by atomic mass is 32.2. The van der Waals surface area contributed by atoms with Crippen LogP contribution in [0.1, 0.15) is 58.3 Å². The molecule has 1 unspecified atom stereocenters. The Hall–Kier alpha value is -2.87. The monoisotopic (exact) mass is 612 g/mol. The Morgan fingerprint density at radius 1 is 1.10 bits per heavy atom. The third-order valence-electron chi connectivity index (χ3n) is 8.16. The number of benzene rings is 1. The number of hydrogen-bond donors (Lipinski definition) is 2. The first-order valence-corrected chi connectivity index (χ1v) is 16.0. The topological polar surface area (TPSA) is 133 Å². The molecule has 2 atom stereocenters. The van der Waals surface area contributed by atoms with Gasteiger partial charge in [-0.2, -0.15) is 8.78 Å². The summed E-state index contributed by atoms with van der Waals surface area (Å²) in [5, 5.41) is 9.58. The van der Waals surface area contributed by atoms with Gasteiger partial charge >= 0.3 is 6.11 Å². The summed E-state index contributed by atoms with van der Waals surface area (Å²) in [6.07, 6.45) is 1.02. The molecule has 2 aliphatic rings. The van der Waals surface area contributed by atoms with Gasteiger partial charge in [0, 0.05) is 38.1 Å². The molecule has 2 aromatic rings. The first-order chi connectivity index (χ1) is 19.8. The van der Waals surface area contributed by atoms with E-state index in [-0.39, 0.29) is 31.6 Å². The number of amides is 1. The minimum absolute atomic E-state index is 0.0134. The van der Waals surface area contributed by atoms with Gasteiger partial charge in [-0.25, -0.2) is 18.7 Å². The molecule has 13 heteroatoms. The second-order valence-corrected chi connectivity index (χ2v) is 13.7. The summed E-state index contributed by atoms with van der Waals surface area (Å²) in [5.41, 5.74) is 2.92. The number of carbonyl (C=O) groups is 1. The number of ether oxygens (including phenoxy) is 2. The molecule has 10 nitrogen and oxygen atoms in total. The highest BCUT2D eigenvalue weighted by Crippen LogP contribution is 2.38. The van der Waals surface area contributed by atoms with Crippen molar-refractivity contribution in [2.75, 3.05) is 12.9 Å². The quantitative estimate of drug-likeness (QED) is 0.366. The Bertz CT molecular complexity index is 1390. The van der Waals surface area contributed by atoms with Crippen LogP contribution in [0.2, 0.25) is 0 Å². The van der Waals surface area contributed by atoms with Crippen LogP contribution < -0.4 is 15.8 Å². The minimum atomic E-state index is -3.90. The van der Waals surface area contributed by atoms with Crippen LogP contribution in [0.4, 0.5) is 8.78 Å². The summed E-state index contributed by atoms with van der Waals surface area (Å²) in [4.78, 5) is 31.0. The average molecular weight is 613 g/mol. The lowest BCUT2D eigenvalue weighted by molar-refractivity contribution is -0.224. The van der Waals surface area contributed by atoms with E-state index in [4.69, 9.17) is 14.3 Å². The van der Waals surface area contributed by atoms with E-state index in [1.165, 1.54) is 35.9 Å². The maximum Gasteiger partial charge on any atom is 0.400 e. The van der Waals surface area contributed by atoms with E-state index in [2.05, 4.69) is 5.48 Å². The standard InChI is InChI=1S/C29H38F2N2O8S/c1-28(42(2,37)38,27(36)32-41-26-5-3-4-18-39-26)15-17-33-16-14-21(19-25(33)35)20-6-12-24(13-7-20)40-29(30,31)22-8-10-23(34)11-9-22/h6-7,12-14,16,19,22-23,26,34H,3-5,8-11,15,17-18H2,1-2H3,(H,32,36)/t22-,23-,26?,28-/m1/s1. The lowest BCUT2D eigenvalue weighted by Gasteiger charge is -2.31. The number of sulfone groups is 1. The first kappa shape index (κ1) is 32.1. The zero-order valence-corrected chi connectivity index (χ0v) is 24.6. The van der Waals surface area contributed by atoms with E-state index in [1.54, 1.807) is 18.2 Å². The molecule has 232 valence electrons. The van der Waals surface area contributed by atoms with Gasteiger partial charge in [-0.15, -0.1) is 0 Å². The molecule has 0 bridgehead atoms. The van der Waals surface area contributed by atoms with Crippen molar-refractivity contribution in [3.63, 3.8) is 0 Å². The Balaban J connectivity index is 1.39. The van der Waals surface area contributed by atoms with Crippen molar-refractivity contribution in [3.8, 4) is 16.9 Å². The van der Waals surface area contributed by atoms with Crippen LogP contribution in [0, 0.1) is 5.92 Å². The van der Waals surface area contributed by atoms with E-state index >= 15 is 0 Å². The number of nitrogens with zero attached hydrogens (tertiary/aromatic N) is 1. The predicted molar refractivity (Wildman–Crippen MR) is 150 cm³/mol. The number of pyridine rings is 1. The molecule has 0 spiro atoms. The Morgan fingerprint density at radius 2 is 1.79 bits per heavy atom. The summed E-state index contributed by atoms with van der Waals surface area (Å²) in [6.45, 7) is 1.71. The highest BCUT2D eigenvalue weighted by Gasteiger charge is 2.45. The number of rotatable bonds is 11. The van der Waals surface area contributed by atoms with Gasteiger partial charge in [0.25, 0.3) is 11.5 Å². The van der Waals surface area contributed by atoms with Gasteiger partial charge < -0.3 is 19.1 Å². The molecule has 1 saturated carbocycles. The number of alkyl halides is 2. The molecule has 1 amide bonds. The molecule has 4 rings (SSSR count). The van der Waals surface area contributed by atoms with Crippen LogP contribution in [-0.4, -0.2) is 60.1 Å². The Labute approximate surface area is 243 Å². The molecule has 2 fully saturated rings. The van der Waals surface area contributed by atoms with E-state index < -0.39 is 50.5 Å². The highest BCUT2D eigenvalue weighted by molar-refractivity contribution is 7.92. The van der Waals surface area contributed by atoms with E-state index in [0.717, 1.165) is 19.1 Å². The van der Waals surface area contributed by atoms with Crippen LogP contribution in [0.3, 0.4) is 0 Å². The summed E-state index contributed by atoms with van der Waals surface area (Å²) in [7, 11) is -3.90. The lowest BCUT2D eigenvalue weighted by atomic mass is 9.86. The number of hydrogen-bond acceptors (Lipinski definition) is 8.